The van der Waals surface area contributed by atoms with Crippen molar-refractivity contribution < 1.29 is 49.3 Å². The van der Waals surface area contributed by atoms with Crippen LogP contribution in [0.4, 0.5) is 10.5 Å². The molecular formula is C41H38BrClN4O10. The second-order valence-corrected chi connectivity index (χ2v) is 13.9. The molecule has 14 nitrogen and oxygen atoms in total. The van der Waals surface area contributed by atoms with E-state index in [0.717, 1.165) is 9.37 Å². The molecule has 0 spiro atoms. The maximum Gasteiger partial charge on any atom is 0.358 e. The molecule has 1 aliphatic heterocycles. The normalized spacial score (nSPS) is 17.5. The number of anilines is 1. The van der Waals surface area contributed by atoms with Gasteiger partial charge in [-0.25, -0.2) is 19.3 Å². The Labute approximate surface area is 340 Å². The summed E-state index contributed by atoms with van der Waals surface area (Å²) in [5, 5.41) is 44.0. The largest absolute Gasteiger partial charge is 0.481 e. The lowest BCUT2D eigenvalue weighted by atomic mass is 9.82. The lowest BCUT2D eigenvalue weighted by Crippen LogP contribution is -2.48. The van der Waals surface area contributed by atoms with Gasteiger partial charge >= 0.3 is 23.9 Å². The van der Waals surface area contributed by atoms with Crippen molar-refractivity contribution in [3.63, 3.8) is 0 Å². The average Bonchev–Trinajstić information content (AvgIpc) is 3.47. The van der Waals surface area contributed by atoms with Crippen LogP contribution in [0.15, 0.2) is 131 Å². The van der Waals surface area contributed by atoms with Crippen molar-refractivity contribution in [1.29, 1.82) is 0 Å². The molecular weight excluding hydrogens is 824 g/mol. The Morgan fingerprint density at radius 3 is 1.84 bits per heavy atom. The molecule has 6 rings (SSSR count). The number of imide groups is 1. The van der Waals surface area contributed by atoms with Gasteiger partial charge in [-0.1, -0.05) is 143 Å². The van der Waals surface area contributed by atoms with Crippen LogP contribution in [-0.4, -0.2) is 72.9 Å². The number of aliphatic carboxylic acids is 3. The van der Waals surface area contributed by atoms with Crippen LogP contribution < -0.4 is 10.6 Å². The summed E-state index contributed by atoms with van der Waals surface area (Å²) in [7, 11) is 0. The SMILES string of the molecule is CCC(C(=O)O)N1C(=O)NC(c2ccccc2)(c2ccccc2)C1=O.O=C(O)C(=NO)c1ccccc1.O=C(O)C1CC=CCC1C(=O)Nc1ccc(Br)cc1Cl. The highest BCUT2D eigenvalue weighted by atomic mass is 79.9. The van der Waals surface area contributed by atoms with Crippen LogP contribution >= 0.6 is 27.5 Å². The Bertz CT molecular complexity index is 2110. The summed E-state index contributed by atoms with van der Waals surface area (Å²) in [6, 6.07) is 29.1. The standard InChI is InChI=1S/C19H18N2O4.C14H13BrClNO3.C8H7NO3/c1-2-15(16(22)23)21-17(24)19(20-18(21)25,13-9-5-3-6-10-13)14-11-7-4-8-12-14;15-8-5-6-12(11(16)7-8)17-13(18)9-3-1-2-4-10(9)14(19)20;10-8(11)7(9-12)6-4-2-1-3-5-6/h3-12,15H,2H2,1H3,(H,20,25)(H,22,23);1-2,5-7,9-10H,3-4H2,(H,17,18)(H,19,20);1-5,12H,(H,10,11). The van der Waals surface area contributed by atoms with Gasteiger partial charge in [0.1, 0.15) is 6.04 Å². The quantitative estimate of drug-likeness (QED) is 0.0315. The molecule has 4 aromatic carbocycles. The van der Waals surface area contributed by atoms with Crippen molar-refractivity contribution in [2.75, 3.05) is 5.32 Å². The summed E-state index contributed by atoms with van der Waals surface area (Å²) in [4.78, 5) is 72.1. The summed E-state index contributed by atoms with van der Waals surface area (Å²) in [5.41, 5.74) is 0.258. The highest BCUT2D eigenvalue weighted by Gasteiger charge is 2.56. The fourth-order valence-corrected chi connectivity index (χ4v) is 6.97. The fraction of sp³-hybridized carbons (Fsp3) is 0.195. The first-order chi connectivity index (χ1) is 27.3. The minimum Gasteiger partial charge on any atom is -0.481 e. The van der Waals surface area contributed by atoms with Crippen LogP contribution in [0.25, 0.3) is 0 Å². The first-order valence-electron chi connectivity index (χ1n) is 17.4. The molecule has 16 heteroatoms. The number of amides is 4. The molecule has 3 unspecified atom stereocenters. The number of carboxylic acids is 3. The second-order valence-electron chi connectivity index (χ2n) is 12.6. The molecule has 4 amide bonds. The van der Waals surface area contributed by atoms with Crippen LogP contribution in [0.1, 0.15) is 42.9 Å². The van der Waals surface area contributed by atoms with E-state index < -0.39 is 53.3 Å². The predicted octanol–water partition coefficient (Wildman–Crippen LogP) is 7.00. The number of urea groups is 1. The molecule has 1 fully saturated rings. The Kier molecular flexibility index (Phi) is 15.2. The van der Waals surface area contributed by atoms with Gasteiger partial charge < -0.3 is 31.2 Å². The number of rotatable bonds is 10. The number of carboxylic acid groups (broad SMARTS) is 3. The van der Waals surface area contributed by atoms with Crippen LogP contribution in [0, 0.1) is 11.8 Å². The Balaban J connectivity index is 0.000000201. The Morgan fingerprint density at radius 2 is 1.39 bits per heavy atom. The molecule has 6 N–H and O–H groups in total. The molecule has 1 heterocycles. The number of hydrogen-bond acceptors (Lipinski definition) is 8. The number of halogens is 2. The van der Waals surface area contributed by atoms with E-state index in [1.54, 1.807) is 110 Å². The lowest BCUT2D eigenvalue weighted by Gasteiger charge is -2.28. The molecule has 0 radical (unpaired) electrons. The molecule has 2 aliphatic rings. The zero-order valence-corrected chi connectivity index (χ0v) is 32.6. The van der Waals surface area contributed by atoms with Crippen LogP contribution in [-0.2, 0) is 29.5 Å². The number of carbonyl (C=O) groups is 6. The van der Waals surface area contributed by atoms with Crippen molar-refractivity contribution >= 4 is 74.7 Å². The van der Waals surface area contributed by atoms with E-state index >= 15 is 0 Å². The van der Waals surface area contributed by atoms with E-state index in [4.69, 9.17) is 27.0 Å². The molecule has 0 saturated carbocycles. The zero-order valence-electron chi connectivity index (χ0n) is 30.3. The van der Waals surface area contributed by atoms with Gasteiger partial charge in [-0.05, 0) is 48.6 Å². The minimum atomic E-state index is -1.43. The van der Waals surface area contributed by atoms with Crippen molar-refractivity contribution in [3.05, 3.63) is 148 Å². The van der Waals surface area contributed by atoms with Crippen molar-refractivity contribution in [2.45, 2.75) is 37.8 Å². The molecule has 3 atom stereocenters. The van der Waals surface area contributed by atoms with Crippen LogP contribution in [0.2, 0.25) is 5.02 Å². The van der Waals surface area contributed by atoms with Crippen molar-refractivity contribution in [2.24, 2.45) is 17.0 Å². The molecule has 296 valence electrons. The fourth-order valence-electron chi connectivity index (χ4n) is 6.25. The lowest BCUT2D eigenvalue weighted by molar-refractivity contribution is -0.147. The van der Waals surface area contributed by atoms with Gasteiger partial charge in [0.05, 0.1) is 22.5 Å². The van der Waals surface area contributed by atoms with Crippen LogP contribution in [0.3, 0.4) is 0 Å². The first-order valence-corrected chi connectivity index (χ1v) is 18.6. The van der Waals surface area contributed by atoms with Gasteiger partial charge in [0.25, 0.3) is 5.91 Å². The highest BCUT2D eigenvalue weighted by Crippen LogP contribution is 2.37. The summed E-state index contributed by atoms with van der Waals surface area (Å²) in [5.74, 6) is -5.55. The van der Waals surface area contributed by atoms with E-state index in [0.29, 0.717) is 40.2 Å². The average molecular weight is 862 g/mol. The number of allylic oxidation sites excluding steroid dienone is 2. The van der Waals surface area contributed by atoms with E-state index in [1.165, 1.54) is 0 Å². The second kappa shape index (κ2) is 20.0. The van der Waals surface area contributed by atoms with Gasteiger partial charge in [-0.3, -0.25) is 14.4 Å². The van der Waals surface area contributed by atoms with E-state index in [-0.39, 0.29) is 18.0 Å². The molecule has 4 aromatic rings. The van der Waals surface area contributed by atoms with Gasteiger partial charge in [0, 0.05) is 10.0 Å². The summed E-state index contributed by atoms with van der Waals surface area (Å²) in [6.45, 7) is 1.63. The summed E-state index contributed by atoms with van der Waals surface area (Å²) < 4.78 is 0.810. The number of nitrogens with zero attached hydrogens (tertiary/aromatic N) is 2. The Morgan fingerprint density at radius 1 is 0.860 bits per heavy atom. The predicted molar refractivity (Wildman–Crippen MR) is 214 cm³/mol. The summed E-state index contributed by atoms with van der Waals surface area (Å²) >= 11 is 9.32. The third kappa shape index (κ3) is 10.3. The number of carbonyl (C=O) groups excluding carboxylic acids is 3. The minimum absolute atomic E-state index is 0.133. The topological polar surface area (TPSA) is 223 Å². The van der Waals surface area contributed by atoms with Gasteiger partial charge in [0.2, 0.25) is 5.91 Å². The van der Waals surface area contributed by atoms with E-state index in [1.807, 2.05) is 18.2 Å². The summed E-state index contributed by atoms with van der Waals surface area (Å²) in [6.07, 6.45) is 4.58. The molecule has 1 saturated heterocycles. The molecule has 57 heavy (non-hydrogen) atoms. The van der Waals surface area contributed by atoms with Crippen molar-refractivity contribution in [3.8, 4) is 0 Å². The zero-order chi connectivity index (χ0) is 41.7. The van der Waals surface area contributed by atoms with Gasteiger partial charge in [-0.15, -0.1) is 0 Å². The third-order valence-corrected chi connectivity index (χ3v) is 9.88. The monoisotopic (exact) mass is 860 g/mol. The van der Waals surface area contributed by atoms with Gasteiger partial charge in [0.15, 0.2) is 11.3 Å². The van der Waals surface area contributed by atoms with Crippen molar-refractivity contribution in [1.82, 2.24) is 10.2 Å². The van der Waals surface area contributed by atoms with E-state index in [2.05, 4.69) is 31.7 Å². The maximum atomic E-state index is 13.3. The molecule has 1 aliphatic carbocycles. The molecule has 0 bridgehead atoms. The number of benzene rings is 4. The smallest absolute Gasteiger partial charge is 0.358 e. The number of nitrogens with one attached hydrogen (secondary N) is 2. The number of oxime groups is 1. The maximum absolute atomic E-state index is 13.3. The number of hydrogen-bond donors (Lipinski definition) is 6. The first kappa shape index (κ1) is 43.4. The third-order valence-electron chi connectivity index (χ3n) is 9.08. The van der Waals surface area contributed by atoms with Gasteiger partial charge in [-0.2, -0.15) is 0 Å². The highest BCUT2D eigenvalue weighted by molar-refractivity contribution is 9.10. The molecule has 0 aromatic heterocycles. The van der Waals surface area contributed by atoms with E-state index in [9.17, 15) is 33.9 Å². The Hall–Kier alpha value is -6.32. The van der Waals surface area contributed by atoms with Crippen LogP contribution in [0.5, 0.6) is 0 Å².